The Bertz CT molecular complexity index is 511. The first kappa shape index (κ1) is 15.0. The molecule has 1 fully saturated rings. The number of aliphatic carboxylic acids is 1. The van der Waals surface area contributed by atoms with Crippen molar-refractivity contribution < 1.29 is 14.7 Å². The second kappa shape index (κ2) is 5.95. The molecule has 4 nitrogen and oxygen atoms in total. The van der Waals surface area contributed by atoms with Crippen LogP contribution in [0.4, 0.5) is 0 Å². The van der Waals surface area contributed by atoms with E-state index in [1.165, 1.54) is 15.3 Å². The van der Waals surface area contributed by atoms with E-state index in [0.717, 1.165) is 12.8 Å². The first-order valence-electron chi connectivity index (χ1n) is 7.02. The summed E-state index contributed by atoms with van der Waals surface area (Å²) < 4.78 is 0. The van der Waals surface area contributed by atoms with Crippen LogP contribution in [0.2, 0.25) is 0 Å². The van der Waals surface area contributed by atoms with Crippen molar-refractivity contribution in [2.75, 3.05) is 6.54 Å². The fourth-order valence-corrected chi connectivity index (χ4v) is 3.66. The van der Waals surface area contributed by atoms with Gasteiger partial charge in [-0.05, 0) is 43.7 Å². The van der Waals surface area contributed by atoms with Gasteiger partial charge in [0.05, 0.1) is 0 Å². The van der Waals surface area contributed by atoms with Gasteiger partial charge in [-0.2, -0.15) is 0 Å². The summed E-state index contributed by atoms with van der Waals surface area (Å²) in [4.78, 5) is 26.3. The molecule has 1 aromatic rings. The molecule has 1 heterocycles. The van der Waals surface area contributed by atoms with E-state index in [2.05, 4.69) is 13.0 Å². The van der Waals surface area contributed by atoms with Crippen LogP contribution in [-0.2, 0) is 9.59 Å². The first-order valence-corrected chi connectivity index (χ1v) is 7.89. The maximum atomic E-state index is 12.5. The highest BCUT2D eigenvalue weighted by Gasteiger charge is 2.47. The Hall–Kier alpha value is -1.36. The predicted octanol–water partition coefficient (Wildman–Crippen LogP) is 2.87. The van der Waals surface area contributed by atoms with Crippen LogP contribution in [0.1, 0.15) is 43.0 Å². The van der Waals surface area contributed by atoms with Crippen molar-refractivity contribution in [3.05, 3.63) is 21.9 Å². The molecule has 1 aliphatic carbocycles. The van der Waals surface area contributed by atoms with Gasteiger partial charge in [0.2, 0.25) is 5.91 Å². The number of carboxylic acid groups (broad SMARTS) is 1. The monoisotopic (exact) mass is 295 g/mol. The Balaban J connectivity index is 2.06. The summed E-state index contributed by atoms with van der Waals surface area (Å²) in [6, 6.07) is 2.05. The SMILES string of the molecule is CCC(C)N(CC(=O)O)C(=O)C1CC1c1sccc1C. The van der Waals surface area contributed by atoms with Crippen LogP contribution >= 0.6 is 11.3 Å². The summed E-state index contributed by atoms with van der Waals surface area (Å²) in [6.45, 7) is 5.76. The van der Waals surface area contributed by atoms with E-state index in [1.807, 2.05) is 19.2 Å². The van der Waals surface area contributed by atoms with E-state index in [9.17, 15) is 9.59 Å². The van der Waals surface area contributed by atoms with Gasteiger partial charge >= 0.3 is 5.97 Å². The molecule has 1 saturated carbocycles. The highest BCUT2D eigenvalue weighted by molar-refractivity contribution is 7.10. The van der Waals surface area contributed by atoms with Crippen LogP contribution in [-0.4, -0.2) is 34.5 Å². The number of hydrogen-bond donors (Lipinski definition) is 1. The molecule has 2 rings (SSSR count). The van der Waals surface area contributed by atoms with E-state index < -0.39 is 5.97 Å². The number of amides is 1. The lowest BCUT2D eigenvalue weighted by Crippen LogP contribution is -2.42. The van der Waals surface area contributed by atoms with Gasteiger partial charge < -0.3 is 10.0 Å². The molecule has 20 heavy (non-hydrogen) atoms. The zero-order chi connectivity index (χ0) is 14.9. The molecule has 1 N–H and O–H groups in total. The Labute approximate surface area is 123 Å². The normalized spacial score (nSPS) is 22.4. The third-order valence-corrected chi connectivity index (χ3v) is 5.21. The summed E-state index contributed by atoms with van der Waals surface area (Å²) in [6.07, 6.45) is 1.63. The lowest BCUT2D eigenvalue weighted by atomic mass is 10.1. The smallest absolute Gasteiger partial charge is 0.323 e. The van der Waals surface area contributed by atoms with Crippen molar-refractivity contribution in [1.82, 2.24) is 4.90 Å². The van der Waals surface area contributed by atoms with E-state index in [-0.39, 0.29) is 24.4 Å². The van der Waals surface area contributed by atoms with E-state index in [1.54, 1.807) is 11.3 Å². The minimum Gasteiger partial charge on any atom is -0.480 e. The number of rotatable bonds is 6. The zero-order valence-electron chi connectivity index (χ0n) is 12.1. The molecule has 3 atom stereocenters. The van der Waals surface area contributed by atoms with Crippen LogP contribution < -0.4 is 0 Å². The van der Waals surface area contributed by atoms with E-state index in [0.29, 0.717) is 5.92 Å². The van der Waals surface area contributed by atoms with Gasteiger partial charge in [-0.3, -0.25) is 9.59 Å². The number of aryl methyl sites for hydroxylation is 1. The minimum absolute atomic E-state index is 0.000417. The standard InChI is InChI=1S/C15H21NO3S/c1-4-10(3)16(8-13(17)18)15(19)12-7-11(12)14-9(2)5-6-20-14/h5-6,10-12H,4,7-8H2,1-3H3,(H,17,18). The lowest BCUT2D eigenvalue weighted by molar-refractivity contribution is -0.146. The first-order chi connectivity index (χ1) is 9.45. The zero-order valence-corrected chi connectivity index (χ0v) is 12.9. The molecule has 0 spiro atoms. The van der Waals surface area contributed by atoms with Crippen molar-refractivity contribution in [2.45, 2.75) is 45.6 Å². The van der Waals surface area contributed by atoms with Gasteiger partial charge in [-0.1, -0.05) is 6.92 Å². The molecule has 1 aromatic heterocycles. The van der Waals surface area contributed by atoms with Gasteiger partial charge in [0.25, 0.3) is 0 Å². The maximum Gasteiger partial charge on any atom is 0.323 e. The fourth-order valence-electron chi connectivity index (χ4n) is 2.55. The van der Waals surface area contributed by atoms with Gasteiger partial charge in [0.1, 0.15) is 6.54 Å². The Morgan fingerprint density at radius 1 is 1.55 bits per heavy atom. The van der Waals surface area contributed by atoms with E-state index >= 15 is 0 Å². The molecule has 1 amide bonds. The summed E-state index contributed by atoms with van der Waals surface area (Å²) >= 11 is 1.69. The highest BCUT2D eigenvalue weighted by Crippen LogP contribution is 2.51. The third kappa shape index (κ3) is 3.03. The number of carbonyl (C=O) groups is 2. The number of nitrogens with zero attached hydrogens (tertiary/aromatic N) is 1. The lowest BCUT2D eigenvalue weighted by Gasteiger charge is -2.27. The Morgan fingerprint density at radius 3 is 2.75 bits per heavy atom. The second-order valence-electron chi connectivity index (χ2n) is 5.53. The van der Waals surface area contributed by atoms with Crippen LogP contribution in [0, 0.1) is 12.8 Å². The molecule has 0 aromatic carbocycles. The summed E-state index contributed by atoms with van der Waals surface area (Å²) in [5.74, 6) is -0.675. The molecule has 3 unspecified atom stereocenters. The van der Waals surface area contributed by atoms with Crippen molar-refractivity contribution in [2.24, 2.45) is 5.92 Å². The van der Waals surface area contributed by atoms with Gasteiger partial charge in [-0.15, -0.1) is 11.3 Å². The van der Waals surface area contributed by atoms with Gasteiger partial charge in [0, 0.05) is 22.8 Å². The quantitative estimate of drug-likeness (QED) is 0.878. The largest absolute Gasteiger partial charge is 0.480 e. The molecule has 0 radical (unpaired) electrons. The average molecular weight is 295 g/mol. The van der Waals surface area contributed by atoms with Crippen LogP contribution in [0.25, 0.3) is 0 Å². The maximum absolute atomic E-state index is 12.5. The molecule has 110 valence electrons. The molecule has 5 heteroatoms. The van der Waals surface area contributed by atoms with Crippen LogP contribution in [0.3, 0.4) is 0 Å². The summed E-state index contributed by atoms with van der Waals surface area (Å²) in [5.41, 5.74) is 1.24. The second-order valence-corrected chi connectivity index (χ2v) is 6.48. The van der Waals surface area contributed by atoms with Crippen LogP contribution in [0.5, 0.6) is 0 Å². The number of carbonyl (C=O) groups excluding carboxylic acids is 1. The van der Waals surface area contributed by atoms with Crippen molar-refractivity contribution in [3.8, 4) is 0 Å². The highest BCUT2D eigenvalue weighted by atomic mass is 32.1. The predicted molar refractivity (Wildman–Crippen MR) is 79.0 cm³/mol. The fraction of sp³-hybridized carbons (Fsp3) is 0.600. The Morgan fingerprint density at radius 2 is 2.25 bits per heavy atom. The topological polar surface area (TPSA) is 57.6 Å². The van der Waals surface area contributed by atoms with Gasteiger partial charge in [-0.25, -0.2) is 0 Å². The molecular weight excluding hydrogens is 274 g/mol. The van der Waals surface area contributed by atoms with Crippen molar-refractivity contribution in [3.63, 3.8) is 0 Å². The summed E-state index contributed by atoms with van der Waals surface area (Å²) in [7, 11) is 0. The molecular formula is C15H21NO3S. The molecule has 0 saturated heterocycles. The molecule has 0 aliphatic heterocycles. The van der Waals surface area contributed by atoms with Crippen LogP contribution in [0.15, 0.2) is 11.4 Å². The average Bonchev–Trinajstić information content (AvgIpc) is 3.09. The number of carboxylic acids is 1. The molecule has 0 bridgehead atoms. The summed E-state index contributed by atoms with van der Waals surface area (Å²) in [5, 5.41) is 11.0. The van der Waals surface area contributed by atoms with Crippen molar-refractivity contribution in [1.29, 1.82) is 0 Å². The number of thiophene rings is 1. The Kier molecular flexibility index (Phi) is 4.48. The molecule has 1 aliphatic rings. The van der Waals surface area contributed by atoms with Crippen molar-refractivity contribution >= 4 is 23.2 Å². The van der Waals surface area contributed by atoms with Gasteiger partial charge in [0.15, 0.2) is 0 Å². The third-order valence-electron chi connectivity index (χ3n) is 4.06. The van der Waals surface area contributed by atoms with E-state index in [4.69, 9.17) is 5.11 Å². The number of hydrogen-bond acceptors (Lipinski definition) is 3. The minimum atomic E-state index is -0.942.